The van der Waals surface area contributed by atoms with Gasteiger partial charge in [-0.05, 0) is 13.0 Å². The van der Waals surface area contributed by atoms with Gasteiger partial charge in [0.25, 0.3) is 5.78 Å². The summed E-state index contributed by atoms with van der Waals surface area (Å²) in [6, 6.07) is 7.40. The molecule has 4 heterocycles. The fourth-order valence-corrected chi connectivity index (χ4v) is 2.57. The van der Waals surface area contributed by atoms with Gasteiger partial charge in [0.1, 0.15) is 35.8 Å². The van der Waals surface area contributed by atoms with Crippen molar-refractivity contribution in [3.8, 4) is 11.8 Å². The first-order chi connectivity index (χ1) is 11.2. The quantitative estimate of drug-likeness (QED) is 0.711. The van der Waals surface area contributed by atoms with Gasteiger partial charge >= 0.3 is 0 Å². The van der Waals surface area contributed by atoms with Gasteiger partial charge in [0.05, 0.1) is 13.1 Å². The van der Waals surface area contributed by atoms with Crippen LogP contribution in [-0.4, -0.2) is 43.8 Å². The van der Waals surface area contributed by atoms with Crippen molar-refractivity contribution < 1.29 is 4.74 Å². The van der Waals surface area contributed by atoms with Gasteiger partial charge in [-0.2, -0.15) is 19.9 Å². The van der Waals surface area contributed by atoms with Crippen LogP contribution in [0.4, 0.5) is 5.82 Å². The Labute approximate surface area is 132 Å². The van der Waals surface area contributed by atoms with Gasteiger partial charge in [0.15, 0.2) is 0 Å². The molecule has 3 aromatic heterocycles. The van der Waals surface area contributed by atoms with E-state index in [1.165, 1.54) is 6.33 Å². The Morgan fingerprint density at radius 2 is 2.17 bits per heavy atom. The van der Waals surface area contributed by atoms with Crippen LogP contribution in [0.3, 0.4) is 0 Å². The van der Waals surface area contributed by atoms with E-state index in [1.54, 1.807) is 22.8 Å². The summed E-state index contributed by atoms with van der Waals surface area (Å²) in [5, 5.41) is 13.1. The van der Waals surface area contributed by atoms with Crippen LogP contribution < -0.4 is 9.64 Å². The number of aryl methyl sites for hydroxylation is 1. The Hall–Kier alpha value is -3.21. The average Bonchev–Trinajstić information content (AvgIpc) is 2.98. The summed E-state index contributed by atoms with van der Waals surface area (Å²) in [4.78, 5) is 14.6. The molecule has 0 N–H and O–H groups in total. The normalized spacial score (nSPS) is 14.5. The van der Waals surface area contributed by atoms with Crippen molar-refractivity contribution in [1.29, 1.82) is 5.26 Å². The number of aromatic nitrogens is 5. The van der Waals surface area contributed by atoms with Crippen LogP contribution >= 0.6 is 0 Å². The maximum absolute atomic E-state index is 8.87. The molecule has 0 aromatic carbocycles. The Balaban J connectivity index is 1.48. The maximum atomic E-state index is 8.87. The third-order valence-corrected chi connectivity index (χ3v) is 3.68. The fraction of sp³-hybridized carbons (Fsp3) is 0.267. The molecular weight excluding hydrogens is 294 g/mol. The molecule has 0 atom stereocenters. The van der Waals surface area contributed by atoms with E-state index in [1.807, 2.05) is 19.1 Å². The highest BCUT2D eigenvalue weighted by atomic mass is 16.5. The van der Waals surface area contributed by atoms with Gasteiger partial charge in [-0.15, -0.1) is 0 Å². The minimum atomic E-state index is 0.0657. The Kier molecular flexibility index (Phi) is 3.05. The highest BCUT2D eigenvalue weighted by Gasteiger charge is 2.30. The molecule has 8 nitrogen and oxygen atoms in total. The molecule has 0 radical (unpaired) electrons. The van der Waals surface area contributed by atoms with Crippen LogP contribution in [-0.2, 0) is 0 Å². The molecule has 0 bridgehead atoms. The third kappa shape index (κ3) is 2.42. The van der Waals surface area contributed by atoms with E-state index in [4.69, 9.17) is 10.00 Å². The summed E-state index contributed by atoms with van der Waals surface area (Å²) < 4.78 is 7.60. The molecule has 1 fully saturated rings. The number of anilines is 1. The molecule has 114 valence electrons. The first kappa shape index (κ1) is 13.5. The van der Waals surface area contributed by atoms with E-state index in [0.717, 1.165) is 24.6 Å². The summed E-state index contributed by atoms with van der Waals surface area (Å²) in [5.74, 6) is 2.22. The molecule has 3 aromatic rings. The van der Waals surface area contributed by atoms with Crippen molar-refractivity contribution in [2.45, 2.75) is 13.0 Å². The highest BCUT2D eigenvalue weighted by Crippen LogP contribution is 2.24. The predicted molar refractivity (Wildman–Crippen MR) is 81.1 cm³/mol. The van der Waals surface area contributed by atoms with E-state index < -0.39 is 0 Å². The van der Waals surface area contributed by atoms with Crippen molar-refractivity contribution in [2.75, 3.05) is 18.0 Å². The van der Waals surface area contributed by atoms with Gasteiger partial charge in [0.2, 0.25) is 0 Å². The van der Waals surface area contributed by atoms with E-state index >= 15 is 0 Å². The van der Waals surface area contributed by atoms with Crippen LogP contribution in [0.2, 0.25) is 0 Å². The number of fused-ring (bicyclic) bond motifs is 1. The molecule has 0 aliphatic carbocycles. The van der Waals surface area contributed by atoms with Gasteiger partial charge < -0.3 is 9.64 Å². The summed E-state index contributed by atoms with van der Waals surface area (Å²) in [6.45, 7) is 3.41. The van der Waals surface area contributed by atoms with Crippen molar-refractivity contribution in [1.82, 2.24) is 24.6 Å². The largest absolute Gasteiger partial charge is 0.487 e. The number of pyridine rings is 1. The zero-order valence-electron chi connectivity index (χ0n) is 12.4. The molecule has 4 rings (SSSR count). The summed E-state index contributed by atoms with van der Waals surface area (Å²) in [6.07, 6.45) is 3.14. The van der Waals surface area contributed by atoms with Crippen molar-refractivity contribution in [3.63, 3.8) is 0 Å². The van der Waals surface area contributed by atoms with Crippen molar-refractivity contribution in [3.05, 3.63) is 42.1 Å². The Morgan fingerprint density at radius 3 is 3.00 bits per heavy atom. The van der Waals surface area contributed by atoms with Gasteiger partial charge in [-0.3, -0.25) is 0 Å². The second-order valence-corrected chi connectivity index (χ2v) is 5.36. The molecule has 1 saturated heterocycles. The maximum Gasteiger partial charge on any atom is 0.254 e. The van der Waals surface area contributed by atoms with Crippen LogP contribution in [0.5, 0.6) is 5.75 Å². The number of nitrogens with zero attached hydrogens (tertiary/aromatic N) is 7. The second kappa shape index (κ2) is 5.21. The number of hydrogen-bond donors (Lipinski definition) is 0. The third-order valence-electron chi connectivity index (χ3n) is 3.68. The standard InChI is InChI=1S/C15H13N7O/c1-10-4-14(22-15(20-10)18-9-19-22)21-7-13(8-21)23-12-2-3-17-11(5-12)6-16/h2-5,9,13H,7-8H2,1H3. The van der Waals surface area contributed by atoms with Crippen LogP contribution in [0.1, 0.15) is 11.4 Å². The lowest BCUT2D eigenvalue weighted by Crippen LogP contribution is -2.54. The summed E-state index contributed by atoms with van der Waals surface area (Å²) in [7, 11) is 0. The van der Waals surface area contributed by atoms with Gasteiger partial charge in [-0.1, -0.05) is 0 Å². The lowest BCUT2D eigenvalue weighted by molar-refractivity contribution is 0.166. The first-order valence-corrected chi connectivity index (χ1v) is 7.18. The second-order valence-electron chi connectivity index (χ2n) is 5.36. The summed E-state index contributed by atoms with van der Waals surface area (Å²) in [5.41, 5.74) is 1.26. The van der Waals surface area contributed by atoms with Gasteiger partial charge in [0, 0.05) is 24.0 Å². The number of hydrogen-bond acceptors (Lipinski definition) is 7. The zero-order valence-corrected chi connectivity index (χ0v) is 12.4. The fourth-order valence-electron chi connectivity index (χ4n) is 2.57. The average molecular weight is 307 g/mol. The molecule has 0 unspecified atom stereocenters. The monoisotopic (exact) mass is 307 g/mol. The van der Waals surface area contributed by atoms with Crippen LogP contribution in [0.25, 0.3) is 5.78 Å². The van der Waals surface area contributed by atoms with E-state index in [-0.39, 0.29) is 6.10 Å². The predicted octanol–water partition coefficient (Wildman–Crippen LogP) is 0.967. The molecule has 0 amide bonds. The molecule has 1 aliphatic heterocycles. The van der Waals surface area contributed by atoms with Crippen molar-refractivity contribution in [2.24, 2.45) is 0 Å². The molecule has 23 heavy (non-hydrogen) atoms. The smallest absolute Gasteiger partial charge is 0.254 e. The Bertz CT molecular complexity index is 908. The highest BCUT2D eigenvalue weighted by molar-refractivity contribution is 5.49. The van der Waals surface area contributed by atoms with Gasteiger partial charge in [-0.25, -0.2) is 9.97 Å². The number of nitriles is 1. The lowest BCUT2D eigenvalue weighted by atomic mass is 10.1. The van der Waals surface area contributed by atoms with E-state index in [0.29, 0.717) is 17.2 Å². The SMILES string of the molecule is Cc1cc(N2CC(Oc3ccnc(C#N)c3)C2)n2ncnc2n1. The molecule has 0 spiro atoms. The number of rotatable bonds is 3. The minimum Gasteiger partial charge on any atom is -0.487 e. The zero-order chi connectivity index (χ0) is 15.8. The Morgan fingerprint density at radius 1 is 1.30 bits per heavy atom. The van der Waals surface area contributed by atoms with Crippen LogP contribution in [0.15, 0.2) is 30.7 Å². The van der Waals surface area contributed by atoms with E-state index in [9.17, 15) is 0 Å². The topological polar surface area (TPSA) is 92.2 Å². The van der Waals surface area contributed by atoms with Crippen molar-refractivity contribution >= 4 is 11.6 Å². The molecule has 0 saturated carbocycles. The first-order valence-electron chi connectivity index (χ1n) is 7.18. The molecular formula is C15H13N7O. The van der Waals surface area contributed by atoms with E-state index in [2.05, 4.69) is 25.0 Å². The van der Waals surface area contributed by atoms with Crippen LogP contribution in [0, 0.1) is 18.3 Å². The minimum absolute atomic E-state index is 0.0657. The molecule has 8 heteroatoms. The number of ether oxygens (including phenoxy) is 1. The summed E-state index contributed by atoms with van der Waals surface area (Å²) >= 11 is 0. The lowest BCUT2D eigenvalue weighted by Gasteiger charge is -2.40. The molecule has 1 aliphatic rings.